The first kappa shape index (κ1) is 16.5. The Morgan fingerprint density at radius 3 is 2.75 bits per heavy atom. The Bertz CT molecular complexity index is 869. The fourth-order valence-corrected chi connectivity index (χ4v) is 4.97. The summed E-state index contributed by atoms with van der Waals surface area (Å²) in [6.07, 6.45) is 0.358. The number of fused-ring (bicyclic) bond motifs is 1. The van der Waals surface area contributed by atoms with Crippen LogP contribution in [-0.2, 0) is 19.4 Å². The molecule has 1 fully saturated rings. The van der Waals surface area contributed by atoms with E-state index in [0.29, 0.717) is 6.42 Å². The number of H-pyrrole nitrogens is 1. The van der Waals surface area contributed by atoms with Gasteiger partial charge in [-0.1, -0.05) is 18.2 Å². The highest BCUT2D eigenvalue weighted by molar-refractivity contribution is 7.91. The third-order valence-corrected chi connectivity index (χ3v) is 5.93. The third kappa shape index (κ3) is 3.59. The summed E-state index contributed by atoms with van der Waals surface area (Å²) in [5.74, 6) is -1.19. The van der Waals surface area contributed by atoms with E-state index in [1.165, 1.54) is 0 Å². The van der Waals surface area contributed by atoms with Crippen LogP contribution in [0.4, 0.5) is 0 Å². The van der Waals surface area contributed by atoms with Crippen LogP contribution in [0.2, 0.25) is 0 Å². The minimum atomic E-state index is -3.12. The van der Waals surface area contributed by atoms with Crippen LogP contribution in [0.5, 0.6) is 0 Å². The van der Waals surface area contributed by atoms with Gasteiger partial charge in [0, 0.05) is 10.9 Å². The Morgan fingerprint density at radius 1 is 1.33 bits per heavy atom. The van der Waals surface area contributed by atoms with Gasteiger partial charge in [-0.25, -0.2) is 13.2 Å². The number of sulfone groups is 1. The Hall–Kier alpha value is -2.35. The quantitative estimate of drug-likeness (QED) is 0.801. The van der Waals surface area contributed by atoms with Gasteiger partial charge in [0.05, 0.1) is 17.0 Å². The number of ether oxygens (including phenoxy) is 1. The van der Waals surface area contributed by atoms with Crippen molar-refractivity contribution in [3.05, 3.63) is 36.0 Å². The van der Waals surface area contributed by atoms with Gasteiger partial charge in [0.2, 0.25) is 0 Å². The predicted molar refractivity (Wildman–Crippen MR) is 88.4 cm³/mol. The van der Waals surface area contributed by atoms with Gasteiger partial charge in [-0.15, -0.1) is 0 Å². The molecule has 0 bridgehead atoms. The maximum atomic E-state index is 12.0. The monoisotopic (exact) mass is 350 g/mol. The van der Waals surface area contributed by atoms with Crippen molar-refractivity contribution in [3.63, 3.8) is 0 Å². The molecule has 2 heterocycles. The molecule has 8 heteroatoms. The lowest BCUT2D eigenvalue weighted by Crippen LogP contribution is -2.48. The molecular weight excluding hydrogens is 332 g/mol. The van der Waals surface area contributed by atoms with Gasteiger partial charge in [-0.2, -0.15) is 0 Å². The molecule has 1 saturated heterocycles. The number of carbonyl (C=O) groups is 2. The molecule has 1 aliphatic heterocycles. The van der Waals surface area contributed by atoms with Gasteiger partial charge in [-0.05, 0) is 25.5 Å². The van der Waals surface area contributed by atoms with Crippen molar-refractivity contribution in [2.75, 3.05) is 18.1 Å². The van der Waals surface area contributed by atoms with Crippen molar-refractivity contribution in [2.45, 2.75) is 18.9 Å². The van der Waals surface area contributed by atoms with Crippen LogP contribution in [0, 0.1) is 0 Å². The lowest BCUT2D eigenvalue weighted by molar-refractivity contribution is -0.125. The van der Waals surface area contributed by atoms with Crippen LogP contribution in [0.15, 0.2) is 30.3 Å². The van der Waals surface area contributed by atoms with Crippen LogP contribution in [0.3, 0.4) is 0 Å². The number of amides is 1. The van der Waals surface area contributed by atoms with Crippen LogP contribution in [0.1, 0.15) is 23.8 Å². The maximum absolute atomic E-state index is 12.0. The molecule has 7 nitrogen and oxygen atoms in total. The molecule has 0 spiro atoms. The molecule has 1 aromatic heterocycles. The van der Waals surface area contributed by atoms with Crippen molar-refractivity contribution in [1.29, 1.82) is 0 Å². The standard InChI is InChI=1S/C16H18N2O5S/c1-16(6-7-24(21,22)10-16)18-14(19)9-23-15(20)13-8-11-4-2-3-5-12(11)17-13/h2-5,8,17H,6-7,9-10H2,1H3,(H,18,19)/t16-/m1/s1. The summed E-state index contributed by atoms with van der Waals surface area (Å²) in [5, 5.41) is 3.51. The second-order valence-electron chi connectivity index (χ2n) is 6.30. The number of hydrogen-bond donors (Lipinski definition) is 2. The van der Waals surface area contributed by atoms with E-state index < -0.39 is 33.9 Å². The number of para-hydroxylation sites is 1. The minimum Gasteiger partial charge on any atom is -0.451 e. The van der Waals surface area contributed by atoms with E-state index >= 15 is 0 Å². The second kappa shape index (κ2) is 5.94. The van der Waals surface area contributed by atoms with Gasteiger partial charge in [-0.3, -0.25) is 4.79 Å². The molecule has 0 saturated carbocycles. The highest BCUT2D eigenvalue weighted by Gasteiger charge is 2.39. The molecule has 24 heavy (non-hydrogen) atoms. The number of carbonyl (C=O) groups excluding carboxylic acids is 2. The number of hydrogen-bond acceptors (Lipinski definition) is 5. The van der Waals surface area contributed by atoms with E-state index in [4.69, 9.17) is 4.74 Å². The minimum absolute atomic E-state index is 0.0542. The summed E-state index contributed by atoms with van der Waals surface area (Å²) < 4.78 is 28.0. The molecule has 1 amide bonds. The van der Waals surface area contributed by atoms with E-state index in [9.17, 15) is 18.0 Å². The predicted octanol–water partition coefficient (Wildman–Crippen LogP) is 1.02. The zero-order valence-electron chi connectivity index (χ0n) is 13.2. The van der Waals surface area contributed by atoms with E-state index in [0.717, 1.165) is 10.9 Å². The zero-order chi connectivity index (χ0) is 17.4. The number of rotatable bonds is 4. The first-order valence-electron chi connectivity index (χ1n) is 7.53. The van der Waals surface area contributed by atoms with Gasteiger partial charge >= 0.3 is 5.97 Å². The van der Waals surface area contributed by atoms with Crippen LogP contribution in [0.25, 0.3) is 10.9 Å². The third-order valence-electron chi connectivity index (χ3n) is 4.03. The van der Waals surface area contributed by atoms with Gasteiger partial charge in [0.1, 0.15) is 5.69 Å². The summed E-state index contributed by atoms with van der Waals surface area (Å²) in [5.41, 5.74) is 0.264. The van der Waals surface area contributed by atoms with Crippen molar-refractivity contribution in [3.8, 4) is 0 Å². The molecule has 1 aromatic carbocycles. The summed E-state index contributed by atoms with van der Waals surface area (Å²) in [7, 11) is -3.12. The van der Waals surface area contributed by atoms with Crippen molar-refractivity contribution < 1.29 is 22.7 Å². The van der Waals surface area contributed by atoms with Crippen molar-refractivity contribution in [2.24, 2.45) is 0 Å². The average Bonchev–Trinajstić information content (AvgIpc) is 3.05. The smallest absolute Gasteiger partial charge is 0.355 e. The molecule has 0 aliphatic carbocycles. The molecule has 3 rings (SSSR count). The highest BCUT2D eigenvalue weighted by Crippen LogP contribution is 2.22. The fourth-order valence-electron chi connectivity index (χ4n) is 2.87. The van der Waals surface area contributed by atoms with E-state index in [1.54, 1.807) is 13.0 Å². The largest absolute Gasteiger partial charge is 0.451 e. The molecule has 1 atom stereocenters. The van der Waals surface area contributed by atoms with E-state index in [2.05, 4.69) is 10.3 Å². The Kier molecular flexibility index (Phi) is 4.08. The SMILES string of the molecule is C[C@@]1(NC(=O)COC(=O)c2cc3ccccc3[nH]2)CCS(=O)(=O)C1. The first-order valence-corrected chi connectivity index (χ1v) is 9.35. The zero-order valence-corrected chi connectivity index (χ0v) is 14.0. The maximum Gasteiger partial charge on any atom is 0.355 e. The lowest BCUT2D eigenvalue weighted by atomic mass is 10.0. The normalized spacial score (nSPS) is 22.4. The van der Waals surface area contributed by atoms with Gasteiger partial charge in [0.25, 0.3) is 5.91 Å². The number of aromatic amines is 1. The van der Waals surface area contributed by atoms with Crippen molar-refractivity contribution >= 4 is 32.6 Å². The van der Waals surface area contributed by atoms with Crippen LogP contribution >= 0.6 is 0 Å². The summed E-state index contributed by atoms with van der Waals surface area (Å²) in [6, 6.07) is 9.05. The Labute approximate surface area is 139 Å². The summed E-state index contributed by atoms with van der Waals surface area (Å²) in [6.45, 7) is 1.22. The lowest BCUT2D eigenvalue weighted by Gasteiger charge is -2.23. The number of esters is 1. The topological polar surface area (TPSA) is 105 Å². The molecule has 128 valence electrons. The molecule has 1 aliphatic rings. The Balaban J connectivity index is 1.57. The molecule has 0 unspecified atom stereocenters. The Morgan fingerprint density at radius 2 is 2.08 bits per heavy atom. The molecule has 2 N–H and O–H groups in total. The summed E-state index contributed by atoms with van der Waals surface area (Å²) >= 11 is 0. The van der Waals surface area contributed by atoms with Crippen LogP contribution in [-0.4, -0.2) is 48.9 Å². The van der Waals surface area contributed by atoms with Gasteiger partial charge < -0.3 is 15.0 Å². The number of benzene rings is 1. The van der Waals surface area contributed by atoms with Crippen LogP contribution < -0.4 is 5.32 Å². The van der Waals surface area contributed by atoms with Crippen molar-refractivity contribution in [1.82, 2.24) is 10.3 Å². The fraction of sp³-hybridized carbons (Fsp3) is 0.375. The average molecular weight is 350 g/mol. The highest BCUT2D eigenvalue weighted by atomic mass is 32.2. The van der Waals surface area contributed by atoms with E-state index in [1.807, 2.05) is 24.3 Å². The first-order chi connectivity index (χ1) is 11.3. The second-order valence-corrected chi connectivity index (χ2v) is 8.48. The molecule has 2 aromatic rings. The number of aromatic nitrogens is 1. The van der Waals surface area contributed by atoms with E-state index in [-0.39, 0.29) is 17.2 Å². The number of nitrogens with one attached hydrogen (secondary N) is 2. The molecular formula is C16H18N2O5S. The molecule has 0 radical (unpaired) electrons. The summed E-state index contributed by atoms with van der Waals surface area (Å²) in [4.78, 5) is 26.9. The van der Waals surface area contributed by atoms with Gasteiger partial charge in [0.15, 0.2) is 16.4 Å².